The Morgan fingerprint density at radius 2 is 1.04 bits per heavy atom. The van der Waals surface area contributed by atoms with E-state index < -0.39 is 275 Å². The summed E-state index contributed by atoms with van der Waals surface area (Å²) in [5.41, 5.74) is -7.13. The summed E-state index contributed by atoms with van der Waals surface area (Å²) < 4.78 is 264. The second kappa shape index (κ2) is 11.5. The lowest BCUT2D eigenvalue weighted by Crippen LogP contribution is -2.04. The van der Waals surface area contributed by atoms with Gasteiger partial charge in [-0.15, -0.1) is 0 Å². The number of hydrogen-bond acceptors (Lipinski definition) is 2. The Morgan fingerprint density at radius 3 is 1.81 bits per heavy atom. The van der Waals surface area contributed by atoms with E-state index in [9.17, 15) is 13.7 Å². The van der Waals surface area contributed by atoms with Gasteiger partial charge in [0.25, 0.3) is 0 Å². The molecule has 0 radical (unpaired) electrons. The highest BCUT2D eigenvalue weighted by molar-refractivity contribution is 6.12. The second-order valence-corrected chi connectivity index (χ2v) is 11.6. The molecule has 4 nitrogen and oxygen atoms in total. The van der Waals surface area contributed by atoms with Gasteiger partial charge in [0.15, 0.2) is 0 Å². The molecule has 0 bridgehead atoms. The van der Waals surface area contributed by atoms with Crippen LogP contribution in [0.25, 0.3) is 99.3 Å². The van der Waals surface area contributed by atoms with Gasteiger partial charge in [-0.2, -0.15) is 0 Å². The summed E-state index contributed by atoms with van der Waals surface area (Å²) in [6.45, 7) is 1.27. The van der Waals surface area contributed by atoms with E-state index in [1.807, 2.05) is 0 Å². The quantitative estimate of drug-likeness (QED) is 0.183. The lowest BCUT2D eigenvalue weighted by molar-refractivity contribution is 1.01. The summed E-state index contributed by atoms with van der Waals surface area (Å²) in [7, 11) is 0. The summed E-state index contributed by atoms with van der Waals surface area (Å²) in [6.07, 6.45) is 0. The van der Waals surface area contributed by atoms with E-state index >= 15 is 0 Å². The molecule has 3 aromatic heterocycles. The van der Waals surface area contributed by atoms with Gasteiger partial charge in [-0.1, -0.05) is 126 Å². The maximum Gasteiger partial charge on any atom is 0.235 e. The van der Waals surface area contributed by atoms with Gasteiger partial charge in [0, 0.05) is 38.2 Å². The van der Waals surface area contributed by atoms with Crippen molar-refractivity contribution >= 4 is 65.3 Å². The number of aromatic nitrogens is 4. The van der Waals surface area contributed by atoms with Crippen LogP contribution in [0.3, 0.4) is 0 Å². The van der Waals surface area contributed by atoms with Gasteiger partial charge in [-0.05, 0) is 83.2 Å². The predicted octanol–water partition coefficient (Wildman–Crippen LogP) is 12.6. The molecule has 8 aromatic carbocycles. The van der Waals surface area contributed by atoms with Crippen LogP contribution in [0.5, 0.6) is 0 Å². The number of nitrogens with zero attached hydrogens (tertiary/aromatic N) is 4. The van der Waals surface area contributed by atoms with Gasteiger partial charge in [-0.25, -0.2) is 9.97 Å². The van der Waals surface area contributed by atoms with Crippen molar-refractivity contribution in [2.45, 2.75) is 6.92 Å². The Labute approximate surface area is 346 Å². The van der Waals surface area contributed by atoms with E-state index in [0.29, 0.717) is 0 Å². The standard InChI is InChI=1S/C49H32N4/c1-31-11-10-14-33(27-31)35-23-25-43-42(29-35)48(36-22-21-32-12-2-3-13-34(32)28-36)51-49(50-43)53-46-20-9-6-17-40(46)41-30-37(24-26-47(41)53)52-44-18-7-4-15-38(44)39-16-5-8-19-45(39)52/h2-30H,1H3/i2D,3D,4D,5D,6D,7D,8D,9D,10D,11D,12D,13D,14D,15D,16D,17D,18D,19D,20D,21D,22D,23D,24D,25D,26D,27D,28D,29D,30D. The third kappa shape index (κ3) is 4.62. The number of benzene rings is 8. The van der Waals surface area contributed by atoms with Gasteiger partial charge in [-0.3, -0.25) is 4.57 Å². The molecule has 0 unspecified atom stereocenters. The molecule has 11 aromatic rings. The third-order valence-electron chi connectivity index (χ3n) is 8.54. The first kappa shape index (κ1) is 12.9. The molecule has 0 spiro atoms. The van der Waals surface area contributed by atoms with Gasteiger partial charge in [0.05, 0.1) is 73.0 Å². The zero-order valence-electron chi connectivity index (χ0n) is 55.8. The van der Waals surface area contributed by atoms with Crippen LogP contribution in [0.2, 0.25) is 0 Å². The molecular formula is C49H32N4. The Balaban J connectivity index is 1.40. The molecule has 53 heavy (non-hydrogen) atoms. The minimum atomic E-state index is -1.03. The van der Waals surface area contributed by atoms with Crippen molar-refractivity contribution in [1.82, 2.24) is 19.1 Å². The second-order valence-electron chi connectivity index (χ2n) is 11.6. The van der Waals surface area contributed by atoms with Crippen LogP contribution in [-0.2, 0) is 0 Å². The number of rotatable bonds is 4. The minimum absolute atomic E-state index is 0.169. The Bertz CT molecular complexity index is 4820. The molecule has 0 saturated heterocycles. The number of para-hydroxylation sites is 3. The number of hydrogen-bond donors (Lipinski definition) is 0. The largest absolute Gasteiger partial charge is 0.309 e. The van der Waals surface area contributed by atoms with E-state index in [2.05, 4.69) is 9.97 Å². The molecule has 0 atom stereocenters. The first-order valence-corrected chi connectivity index (χ1v) is 15.7. The highest BCUT2D eigenvalue weighted by Crippen LogP contribution is 2.38. The molecule has 0 aliphatic rings. The van der Waals surface area contributed by atoms with Crippen LogP contribution < -0.4 is 0 Å². The van der Waals surface area contributed by atoms with Crippen LogP contribution >= 0.6 is 0 Å². The average Bonchev–Trinajstić information content (AvgIpc) is 1.67. The molecule has 0 N–H and O–H groups in total. The Kier molecular flexibility index (Phi) is 2.79. The van der Waals surface area contributed by atoms with Gasteiger partial charge in [0.2, 0.25) is 5.95 Å². The van der Waals surface area contributed by atoms with Gasteiger partial charge < -0.3 is 4.57 Å². The van der Waals surface area contributed by atoms with Gasteiger partial charge >= 0.3 is 0 Å². The third-order valence-corrected chi connectivity index (χ3v) is 8.54. The van der Waals surface area contributed by atoms with Crippen LogP contribution in [0.15, 0.2) is 175 Å². The summed E-state index contributed by atoms with van der Waals surface area (Å²) in [6, 6.07) is -25.1. The van der Waals surface area contributed by atoms with E-state index in [-0.39, 0.29) is 5.56 Å². The molecule has 0 amide bonds. The Hall–Kier alpha value is -7.04. The highest BCUT2D eigenvalue weighted by atomic mass is 15.2. The maximum absolute atomic E-state index is 10.0. The summed E-state index contributed by atoms with van der Waals surface area (Å²) in [5, 5.41) is -4.10. The van der Waals surface area contributed by atoms with Gasteiger partial charge in [0.1, 0.15) is 0 Å². The van der Waals surface area contributed by atoms with Crippen LogP contribution in [0.1, 0.15) is 45.3 Å². The lowest BCUT2D eigenvalue weighted by atomic mass is 9.98. The topological polar surface area (TPSA) is 35.6 Å². The van der Waals surface area contributed by atoms with Crippen LogP contribution in [0, 0.1) is 6.92 Å². The van der Waals surface area contributed by atoms with Crippen molar-refractivity contribution in [3.63, 3.8) is 0 Å². The van der Waals surface area contributed by atoms with Crippen LogP contribution in [0.4, 0.5) is 0 Å². The monoisotopic (exact) mass is 705 g/mol. The SMILES string of the molecule is [2H]c1c([2H])c(C)c([2H])c(-c2c([2H])c([2H])c3nc(-n4c5c([2H])c([2H])c([2H])c([2H])c5c5c([2H])c(-n6c7c([2H])c([2H])c([2H])c([2H])c7c7c([2H])c([2H])c([2H])c([2H])c76)c([2H])c([2H])c54)nc(-c4c([2H])c([2H])c5c([2H])c([2H])c([2H])c([2H])c5c4[2H])c3c2[2H])c1[2H]. The molecule has 0 saturated carbocycles. The fourth-order valence-electron chi connectivity index (χ4n) is 6.26. The average molecular weight is 706 g/mol. The van der Waals surface area contributed by atoms with E-state index in [0.717, 1.165) is 9.13 Å². The molecule has 0 fully saturated rings. The van der Waals surface area contributed by atoms with E-state index in [4.69, 9.17) is 26.0 Å². The zero-order valence-corrected chi connectivity index (χ0v) is 26.8. The molecule has 248 valence electrons. The molecule has 3 heterocycles. The highest BCUT2D eigenvalue weighted by Gasteiger charge is 2.20. The van der Waals surface area contributed by atoms with Crippen molar-refractivity contribution < 1.29 is 39.8 Å². The molecule has 11 rings (SSSR count). The first-order chi connectivity index (χ1) is 38.3. The fourth-order valence-corrected chi connectivity index (χ4v) is 6.26. The van der Waals surface area contributed by atoms with E-state index in [1.54, 1.807) is 0 Å². The predicted molar refractivity (Wildman–Crippen MR) is 221 cm³/mol. The molecule has 0 aliphatic heterocycles. The zero-order chi connectivity index (χ0) is 60.3. The maximum atomic E-state index is 10.0. The van der Waals surface area contributed by atoms with Crippen molar-refractivity contribution in [1.29, 1.82) is 0 Å². The van der Waals surface area contributed by atoms with Crippen molar-refractivity contribution in [3.8, 4) is 34.0 Å². The summed E-state index contributed by atoms with van der Waals surface area (Å²) >= 11 is 0. The van der Waals surface area contributed by atoms with E-state index in [1.165, 1.54) is 6.92 Å². The lowest BCUT2D eigenvalue weighted by Gasteiger charge is -2.14. The molecular weight excluding hydrogens is 645 g/mol. The molecule has 0 aliphatic carbocycles. The molecule has 4 heteroatoms. The van der Waals surface area contributed by atoms with Crippen molar-refractivity contribution in [2.24, 2.45) is 0 Å². The Morgan fingerprint density at radius 1 is 0.415 bits per heavy atom. The smallest absolute Gasteiger partial charge is 0.235 e. The normalized spacial score (nSPS) is 19.5. The first-order valence-electron chi connectivity index (χ1n) is 30.2. The van der Waals surface area contributed by atoms with Crippen LogP contribution in [-0.4, -0.2) is 19.1 Å². The number of fused-ring (bicyclic) bond motifs is 8. The summed E-state index contributed by atoms with van der Waals surface area (Å²) in [5.74, 6) is -0.904. The van der Waals surface area contributed by atoms with Crippen molar-refractivity contribution in [2.75, 3.05) is 0 Å². The van der Waals surface area contributed by atoms with Crippen molar-refractivity contribution in [3.05, 3.63) is 181 Å². The fraction of sp³-hybridized carbons (Fsp3) is 0.0204. The minimum Gasteiger partial charge on any atom is -0.309 e. The summed E-state index contributed by atoms with van der Waals surface area (Å²) in [4.78, 5) is 9.22.